The standard InChI is InChI=1S/C33H28N2O3/c1-23-8-5-6-13-29(23)27-15-17-28(18-16-27)32(36)35-31(19-14-24-9-3-2-4-10-24)30(33(37)38)21-25-11-7-12-26(20-25)22-34/h2-20,30-31H,21H2,1H3,(H,35,36)(H,37,38)/b19-14+/t30-,31-/m1/s1. The monoisotopic (exact) mass is 500 g/mol. The Hall–Kier alpha value is -4.95. The highest BCUT2D eigenvalue weighted by molar-refractivity contribution is 5.95. The predicted octanol–water partition coefficient (Wildman–Crippen LogP) is 6.29. The maximum Gasteiger partial charge on any atom is 0.309 e. The van der Waals surface area contributed by atoms with Gasteiger partial charge in [-0.2, -0.15) is 5.26 Å². The van der Waals surface area contributed by atoms with Crippen LogP contribution < -0.4 is 5.32 Å². The number of carboxylic acid groups (broad SMARTS) is 1. The molecule has 0 unspecified atom stereocenters. The molecule has 0 aliphatic carbocycles. The van der Waals surface area contributed by atoms with E-state index in [4.69, 9.17) is 0 Å². The van der Waals surface area contributed by atoms with E-state index in [2.05, 4.69) is 11.4 Å². The van der Waals surface area contributed by atoms with Gasteiger partial charge < -0.3 is 10.4 Å². The van der Waals surface area contributed by atoms with Gasteiger partial charge in [-0.05, 0) is 65.4 Å². The number of rotatable bonds is 9. The lowest BCUT2D eigenvalue weighted by molar-refractivity contribution is -0.142. The van der Waals surface area contributed by atoms with Gasteiger partial charge in [0.15, 0.2) is 0 Å². The number of nitrogens with zero attached hydrogens (tertiary/aromatic N) is 1. The fraction of sp³-hybridized carbons (Fsp3) is 0.121. The molecule has 0 aliphatic heterocycles. The van der Waals surface area contributed by atoms with Gasteiger partial charge in [0.1, 0.15) is 0 Å². The van der Waals surface area contributed by atoms with Crippen molar-refractivity contribution in [1.82, 2.24) is 5.32 Å². The van der Waals surface area contributed by atoms with Crippen molar-refractivity contribution in [3.05, 3.63) is 137 Å². The Morgan fingerprint density at radius 2 is 1.63 bits per heavy atom. The summed E-state index contributed by atoms with van der Waals surface area (Å²) in [5, 5.41) is 22.3. The molecule has 0 aliphatic rings. The van der Waals surface area contributed by atoms with Crippen molar-refractivity contribution in [3.63, 3.8) is 0 Å². The van der Waals surface area contributed by atoms with Gasteiger partial charge in [0, 0.05) is 5.56 Å². The summed E-state index contributed by atoms with van der Waals surface area (Å²) in [6.07, 6.45) is 3.69. The van der Waals surface area contributed by atoms with Crippen molar-refractivity contribution in [2.45, 2.75) is 19.4 Å². The second-order valence-corrected chi connectivity index (χ2v) is 9.12. The highest BCUT2D eigenvalue weighted by Crippen LogP contribution is 2.24. The molecule has 188 valence electrons. The van der Waals surface area contributed by atoms with Crippen LogP contribution in [0.4, 0.5) is 0 Å². The molecule has 1 amide bonds. The molecule has 0 saturated heterocycles. The molecule has 0 spiro atoms. The summed E-state index contributed by atoms with van der Waals surface area (Å²) in [6.45, 7) is 2.04. The quantitative estimate of drug-likeness (QED) is 0.283. The van der Waals surface area contributed by atoms with Gasteiger partial charge >= 0.3 is 5.97 Å². The van der Waals surface area contributed by atoms with Crippen molar-refractivity contribution in [1.29, 1.82) is 5.26 Å². The number of carboxylic acids is 1. The van der Waals surface area contributed by atoms with Crippen molar-refractivity contribution in [2.75, 3.05) is 0 Å². The number of amides is 1. The average molecular weight is 501 g/mol. The minimum absolute atomic E-state index is 0.154. The van der Waals surface area contributed by atoms with Crippen LogP contribution in [0.5, 0.6) is 0 Å². The van der Waals surface area contributed by atoms with Crippen LogP contribution in [-0.2, 0) is 11.2 Å². The normalized spacial score (nSPS) is 12.4. The van der Waals surface area contributed by atoms with Crippen molar-refractivity contribution < 1.29 is 14.7 Å². The zero-order valence-electron chi connectivity index (χ0n) is 21.0. The number of benzene rings is 4. The van der Waals surface area contributed by atoms with Crippen LogP contribution in [0.2, 0.25) is 0 Å². The van der Waals surface area contributed by atoms with E-state index in [0.29, 0.717) is 16.7 Å². The number of hydrogen-bond acceptors (Lipinski definition) is 3. The van der Waals surface area contributed by atoms with Gasteiger partial charge in [0.05, 0.1) is 23.6 Å². The molecule has 0 aromatic heterocycles. The first kappa shape index (κ1) is 26.1. The van der Waals surface area contributed by atoms with Gasteiger partial charge in [-0.3, -0.25) is 9.59 Å². The van der Waals surface area contributed by atoms with Crippen LogP contribution >= 0.6 is 0 Å². The third-order valence-electron chi connectivity index (χ3n) is 6.46. The summed E-state index contributed by atoms with van der Waals surface area (Å²) in [4.78, 5) is 25.7. The number of hydrogen-bond donors (Lipinski definition) is 2. The summed E-state index contributed by atoms with van der Waals surface area (Å²) >= 11 is 0. The van der Waals surface area contributed by atoms with Crippen molar-refractivity contribution >= 4 is 18.0 Å². The smallest absolute Gasteiger partial charge is 0.309 e. The van der Waals surface area contributed by atoms with Crippen LogP contribution in [0.25, 0.3) is 17.2 Å². The Balaban J connectivity index is 1.61. The molecule has 0 saturated carbocycles. The van der Waals surface area contributed by atoms with Gasteiger partial charge in [-0.15, -0.1) is 0 Å². The van der Waals surface area contributed by atoms with E-state index in [0.717, 1.165) is 22.3 Å². The minimum atomic E-state index is -1.04. The lowest BCUT2D eigenvalue weighted by Gasteiger charge is -2.23. The molecule has 5 nitrogen and oxygen atoms in total. The Labute approximate surface area is 222 Å². The number of nitriles is 1. The van der Waals surface area contributed by atoms with Crippen molar-refractivity contribution in [2.24, 2.45) is 5.92 Å². The van der Waals surface area contributed by atoms with Crippen LogP contribution in [0, 0.1) is 24.2 Å². The Morgan fingerprint density at radius 1 is 0.921 bits per heavy atom. The fourth-order valence-electron chi connectivity index (χ4n) is 4.38. The molecule has 4 rings (SSSR count). The van der Waals surface area contributed by atoms with Crippen LogP contribution in [0.1, 0.15) is 32.6 Å². The highest BCUT2D eigenvalue weighted by Gasteiger charge is 2.28. The summed E-state index contributed by atoms with van der Waals surface area (Å²) < 4.78 is 0. The van der Waals surface area contributed by atoms with Gasteiger partial charge in [0.2, 0.25) is 0 Å². The first-order chi connectivity index (χ1) is 18.4. The zero-order valence-corrected chi connectivity index (χ0v) is 21.0. The van der Waals surface area contributed by atoms with E-state index in [1.165, 1.54) is 0 Å². The van der Waals surface area contributed by atoms with E-state index in [9.17, 15) is 20.0 Å². The largest absolute Gasteiger partial charge is 0.481 e. The molecule has 0 fully saturated rings. The Morgan fingerprint density at radius 3 is 2.32 bits per heavy atom. The molecule has 38 heavy (non-hydrogen) atoms. The summed E-state index contributed by atoms with van der Waals surface area (Å²) in [7, 11) is 0. The summed E-state index contributed by atoms with van der Waals surface area (Å²) in [5.74, 6) is -2.34. The topological polar surface area (TPSA) is 90.2 Å². The second kappa shape index (κ2) is 12.3. The van der Waals surface area contributed by atoms with Gasteiger partial charge in [-0.25, -0.2) is 0 Å². The second-order valence-electron chi connectivity index (χ2n) is 9.12. The van der Waals surface area contributed by atoms with Gasteiger partial charge in [-0.1, -0.05) is 91.0 Å². The van der Waals surface area contributed by atoms with Gasteiger partial charge in [0.25, 0.3) is 5.91 Å². The third kappa shape index (κ3) is 6.63. The third-order valence-corrected chi connectivity index (χ3v) is 6.46. The lowest BCUT2D eigenvalue weighted by atomic mass is 9.90. The predicted molar refractivity (Wildman–Crippen MR) is 149 cm³/mol. The Bertz CT molecular complexity index is 1480. The van der Waals surface area contributed by atoms with E-state index in [1.807, 2.05) is 79.7 Å². The highest BCUT2D eigenvalue weighted by atomic mass is 16.4. The first-order valence-corrected chi connectivity index (χ1v) is 12.4. The van der Waals surface area contributed by atoms with Crippen molar-refractivity contribution in [3.8, 4) is 17.2 Å². The molecule has 2 N–H and O–H groups in total. The van der Waals surface area contributed by atoms with E-state index in [1.54, 1.807) is 42.5 Å². The first-order valence-electron chi connectivity index (χ1n) is 12.4. The van der Waals surface area contributed by atoms with E-state index in [-0.39, 0.29) is 12.3 Å². The molecule has 4 aromatic rings. The van der Waals surface area contributed by atoms with E-state index < -0.39 is 17.9 Å². The number of aryl methyl sites for hydroxylation is 1. The molecule has 0 radical (unpaired) electrons. The number of carbonyl (C=O) groups is 2. The number of aliphatic carboxylic acids is 1. The molecule has 0 heterocycles. The molecule has 0 bridgehead atoms. The number of carbonyl (C=O) groups excluding carboxylic acids is 1. The fourth-order valence-corrected chi connectivity index (χ4v) is 4.38. The number of nitrogens with one attached hydrogen (secondary N) is 1. The van der Waals surface area contributed by atoms with E-state index >= 15 is 0 Å². The van der Waals surface area contributed by atoms with Crippen LogP contribution in [-0.4, -0.2) is 23.0 Å². The molecule has 5 heteroatoms. The Kier molecular flexibility index (Phi) is 8.48. The molecule has 4 aromatic carbocycles. The summed E-state index contributed by atoms with van der Waals surface area (Å²) in [6, 6.07) is 33.0. The lowest BCUT2D eigenvalue weighted by Crippen LogP contribution is -2.43. The molecule has 2 atom stereocenters. The molecular weight excluding hydrogens is 472 g/mol. The summed E-state index contributed by atoms with van der Waals surface area (Å²) in [5.41, 5.74) is 5.74. The zero-order chi connectivity index (χ0) is 26.9. The maximum absolute atomic E-state index is 13.3. The SMILES string of the molecule is Cc1ccccc1-c1ccc(C(=O)N[C@H](/C=C/c2ccccc2)[C@@H](Cc2cccc(C#N)c2)C(=O)O)cc1. The minimum Gasteiger partial charge on any atom is -0.481 e. The maximum atomic E-state index is 13.3. The van der Waals surface area contributed by atoms with Crippen LogP contribution in [0.15, 0.2) is 109 Å². The van der Waals surface area contributed by atoms with Crippen LogP contribution in [0.3, 0.4) is 0 Å². The molecular formula is C33H28N2O3. The average Bonchev–Trinajstić information content (AvgIpc) is 2.95.